The van der Waals surface area contributed by atoms with E-state index in [1.165, 1.54) is 10.1 Å². The molecule has 1 aliphatic rings. The molecule has 4 rings (SSSR count). The van der Waals surface area contributed by atoms with Crippen molar-refractivity contribution in [2.24, 2.45) is 5.92 Å². The highest BCUT2D eigenvalue weighted by molar-refractivity contribution is 7.17. The van der Waals surface area contributed by atoms with E-state index in [4.69, 9.17) is 11.6 Å². The Kier molecular flexibility index (Phi) is 4.83. The molecule has 0 aliphatic carbocycles. The fraction of sp³-hybridized carbons (Fsp3) is 0.300. The van der Waals surface area contributed by atoms with Gasteiger partial charge in [-0.2, -0.15) is 0 Å². The highest BCUT2D eigenvalue weighted by atomic mass is 35.5. The van der Waals surface area contributed by atoms with Gasteiger partial charge in [0.05, 0.1) is 5.92 Å². The number of pyridine rings is 1. The summed E-state index contributed by atoms with van der Waals surface area (Å²) in [5, 5.41) is 7.01. The number of piperidine rings is 1. The Labute approximate surface area is 161 Å². The lowest BCUT2D eigenvalue weighted by atomic mass is 9.96. The summed E-state index contributed by atoms with van der Waals surface area (Å²) in [7, 11) is 0. The molecule has 0 bridgehead atoms. The van der Waals surface area contributed by atoms with Gasteiger partial charge in [0, 0.05) is 40.1 Å². The molecule has 1 amide bonds. The van der Waals surface area contributed by atoms with Crippen molar-refractivity contribution in [3.8, 4) is 0 Å². The predicted molar refractivity (Wildman–Crippen MR) is 109 cm³/mol. The van der Waals surface area contributed by atoms with Gasteiger partial charge < -0.3 is 10.2 Å². The number of nitrogens with one attached hydrogen (secondary N) is 1. The normalized spacial score (nSPS) is 17.5. The molecule has 1 aromatic carbocycles. The first kappa shape index (κ1) is 17.3. The number of hydrogen-bond donors (Lipinski definition) is 1. The largest absolute Gasteiger partial charge is 0.355 e. The maximum Gasteiger partial charge on any atom is 0.229 e. The van der Waals surface area contributed by atoms with Crippen molar-refractivity contribution >= 4 is 50.4 Å². The SMILES string of the molecule is Cc1cc(Cl)ccc1NC(=O)C1CCCN(c2nccc3sccc23)C1. The van der Waals surface area contributed by atoms with Crippen LogP contribution in [0.4, 0.5) is 11.5 Å². The quantitative estimate of drug-likeness (QED) is 0.681. The van der Waals surface area contributed by atoms with Gasteiger partial charge in [-0.15, -0.1) is 11.3 Å². The molecule has 0 radical (unpaired) electrons. The minimum atomic E-state index is -0.0467. The smallest absolute Gasteiger partial charge is 0.229 e. The number of carbonyl (C=O) groups excluding carboxylic acids is 1. The molecular formula is C20H20ClN3OS. The molecule has 6 heteroatoms. The van der Waals surface area contributed by atoms with Crippen LogP contribution in [0.5, 0.6) is 0 Å². The van der Waals surface area contributed by atoms with E-state index in [1.54, 1.807) is 17.4 Å². The summed E-state index contributed by atoms with van der Waals surface area (Å²) in [5.41, 5.74) is 1.80. The summed E-state index contributed by atoms with van der Waals surface area (Å²) in [4.78, 5) is 19.6. The first-order valence-electron chi connectivity index (χ1n) is 8.76. The van der Waals surface area contributed by atoms with E-state index >= 15 is 0 Å². The number of aryl methyl sites for hydroxylation is 1. The standard InChI is InChI=1S/C20H20ClN3OS/c1-13-11-15(21)4-5-17(13)23-20(25)14-3-2-9-24(12-14)19-16-7-10-26-18(16)6-8-22-19/h4-8,10-11,14H,2-3,9,12H2,1H3,(H,23,25). The molecule has 26 heavy (non-hydrogen) atoms. The van der Waals surface area contributed by atoms with E-state index in [9.17, 15) is 4.79 Å². The Morgan fingerprint density at radius 3 is 3.08 bits per heavy atom. The summed E-state index contributed by atoms with van der Waals surface area (Å²) in [6.45, 7) is 3.59. The van der Waals surface area contributed by atoms with Crippen LogP contribution in [0.25, 0.3) is 10.1 Å². The summed E-state index contributed by atoms with van der Waals surface area (Å²) in [5.74, 6) is 1.01. The number of fused-ring (bicyclic) bond motifs is 1. The predicted octanol–water partition coefficient (Wildman–Crippen LogP) is 5.11. The van der Waals surface area contributed by atoms with E-state index in [1.807, 2.05) is 31.3 Å². The number of nitrogens with zero attached hydrogens (tertiary/aromatic N) is 2. The number of benzene rings is 1. The van der Waals surface area contributed by atoms with Gasteiger partial charge in [-0.3, -0.25) is 4.79 Å². The van der Waals surface area contributed by atoms with Crippen molar-refractivity contribution in [1.29, 1.82) is 0 Å². The zero-order valence-corrected chi connectivity index (χ0v) is 16.1. The minimum Gasteiger partial charge on any atom is -0.355 e. The van der Waals surface area contributed by atoms with Crippen LogP contribution in [0.3, 0.4) is 0 Å². The average molecular weight is 386 g/mol. The third-order valence-electron chi connectivity index (χ3n) is 4.90. The van der Waals surface area contributed by atoms with Gasteiger partial charge in [-0.05, 0) is 61.0 Å². The van der Waals surface area contributed by atoms with Gasteiger partial charge in [0.15, 0.2) is 0 Å². The molecule has 0 saturated carbocycles. The van der Waals surface area contributed by atoms with E-state index in [0.29, 0.717) is 11.6 Å². The van der Waals surface area contributed by atoms with Crippen LogP contribution in [-0.4, -0.2) is 24.0 Å². The fourth-order valence-corrected chi connectivity index (χ4v) is 4.52. The lowest BCUT2D eigenvalue weighted by Gasteiger charge is -2.33. The Morgan fingerprint density at radius 1 is 1.35 bits per heavy atom. The van der Waals surface area contributed by atoms with Gasteiger partial charge in [-0.1, -0.05) is 11.6 Å². The summed E-state index contributed by atoms with van der Waals surface area (Å²) in [6, 6.07) is 9.69. The van der Waals surface area contributed by atoms with Crippen LogP contribution >= 0.6 is 22.9 Å². The van der Waals surface area contributed by atoms with Gasteiger partial charge in [0.2, 0.25) is 5.91 Å². The highest BCUT2D eigenvalue weighted by Crippen LogP contribution is 2.31. The molecule has 1 atom stereocenters. The Balaban J connectivity index is 1.51. The molecule has 2 aromatic heterocycles. The van der Waals surface area contributed by atoms with Crippen molar-refractivity contribution < 1.29 is 4.79 Å². The van der Waals surface area contributed by atoms with Crippen LogP contribution in [0.1, 0.15) is 18.4 Å². The van der Waals surface area contributed by atoms with Crippen LogP contribution in [-0.2, 0) is 4.79 Å². The Hall–Kier alpha value is -2.11. The highest BCUT2D eigenvalue weighted by Gasteiger charge is 2.27. The topological polar surface area (TPSA) is 45.2 Å². The number of aromatic nitrogens is 1. The number of halogens is 1. The molecule has 134 valence electrons. The maximum absolute atomic E-state index is 12.8. The van der Waals surface area contributed by atoms with E-state index in [0.717, 1.165) is 36.5 Å². The third-order valence-corrected chi connectivity index (χ3v) is 6.01. The van der Waals surface area contributed by atoms with Crippen LogP contribution < -0.4 is 10.2 Å². The minimum absolute atomic E-state index is 0.0467. The van der Waals surface area contributed by atoms with Crippen LogP contribution in [0, 0.1) is 12.8 Å². The van der Waals surface area contributed by atoms with Gasteiger partial charge in [0.1, 0.15) is 5.82 Å². The van der Waals surface area contributed by atoms with E-state index < -0.39 is 0 Å². The van der Waals surface area contributed by atoms with Crippen molar-refractivity contribution in [3.63, 3.8) is 0 Å². The average Bonchev–Trinajstić information content (AvgIpc) is 3.13. The lowest BCUT2D eigenvalue weighted by Crippen LogP contribution is -2.41. The number of rotatable bonds is 3. The summed E-state index contributed by atoms with van der Waals surface area (Å²) < 4.78 is 1.23. The molecule has 4 nitrogen and oxygen atoms in total. The molecule has 1 N–H and O–H groups in total. The molecule has 1 saturated heterocycles. The maximum atomic E-state index is 12.8. The van der Waals surface area contributed by atoms with Gasteiger partial charge >= 0.3 is 0 Å². The van der Waals surface area contributed by atoms with Crippen molar-refractivity contribution in [3.05, 3.63) is 52.5 Å². The van der Waals surface area contributed by atoms with Crippen molar-refractivity contribution in [2.75, 3.05) is 23.3 Å². The lowest BCUT2D eigenvalue weighted by molar-refractivity contribution is -0.120. The Morgan fingerprint density at radius 2 is 2.23 bits per heavy atom. The van der Waals surface area contributed by atoms with E-state index in [-0.39, 0.29) is 11.8 Å². The number of anilines is 2. The monoisotopic (exact) mass is 385 g/mol. The second-order valence-corrected chi connectivity index (χ2v) is 8.08. The number of thiophene rings is 1. The second kappa shape index (κ2) is 7.25. The van der Waals surface area contributed by atoms with Crippen LogP contribution in [0.15, 0.2) is 41.9 Å². The summed E-state index contributed by atoms with van der Waals surface area (Å²) in [6.07, 6.45) is 3.74. The molecule has 3 aromatic rings. The molecule has 0 spiro atoms. The molecule has 1 unspecified atom stereocenters. The molecular weight excluding hydrogens is 366 g/mol. The molecule has 1 aliphatic heterocycles. The zero-order chi connectivity index (χ0) is 18.1. The number of carbonyl (C=O) groups is 1. The number of hydrogen-bond acceptors (Lipinski definition) is 4. The Bertz CT molecular complexity index is 955. The molecule has 1 fully saturated rings. The number of amides is 1. The first-order chi connectivity index (χ1) is 12.6. The van der Waals surface area contributed by atoms with Crippen molar-refractivity contribution in [2.45, 2.75) is 19.8 Å². The summed E-state index contributed by atoms with van der Waals surface area (Å²) >= 11 is 7.72. The zero-order valence-electron chi connectivity index (χ0n) is 14.5. The molecule has 3 heterocycles. The van der Waals surface area contributed by atoms with Gasteiger partial charge in [0.25, 0.3) is 0 Å². The van der Waals surface area contributed by atoms with Gasteiger partial charge in [-0.25, -0.2) is 4.98 Å². The van der Waals surface area contributed by atoms with Crippen molar-refractivity contribution in [1.82, 2.24) is 4.98 Å². The first-order valence-corrected chi connectivity index (χ1v) is 10.0. The van der Waals surface area contributed by atoms with E-state index in [2.05, 4.69) is 26.6 Å². The second-order valence-electron chi connectivity index (χ2n) is 6.70. The fourth-order valence-electron chi connectivity index (χ4n) is 3.52. The third kappa shape index (κ3) is 3.41. The van der Waals surface area contributed by atoms with Crippen LogP contribution in [0.2, 0.25) is 5.02 Å².